The van der Waals surface area contributed by atoms with Crippen LogP contribution in [0, 0.1) is 5.92 Å². The molecule has 3 atom stereocenters. The number of hydrogen-bond donors (Lipinski definition) is 2. The first-order chi connectivity index (χ1) is 19.5. The van der Waals surface area contributed by atoms with E-state index in [0.29, 0.717) is 24.6 Å². The summed E-state index contributed by atoms with van der Waals surface area (Å²) in [6.45, 7) is 4.52. The van der Waals surface area contributed by atoms with Crippen LogP contribution in [0.25, 0.3) is 5.69 Å². The van der Waals surface area contributed by atoms with Crippen LogP contribution in [0.5, 0.6) is 11.6 Å². The summed E-state index contributed by atoms with van der Waals surface area (Å²) in [6, 6.07) is 28.1. The molecular weight excluding hydrogens is 506 g/mol. The van der Waals surface area contributed by atoms with Crippen molar-refractivity contribution in [1.29, 1.82) is 0 Å². The normalized spacial score (nSPS) is 13.2. The van der Waals surface area contributed by atoms with E-state index in [9.17, 15) is 9.90 Å². The molecule has 0 aliphatic carbocycles. The summed E-state index contributed by atoms with van der Waals surface area (Å²) in [5.74, 6) is 0.453. The molecule has 0 bridgehead atoms. The minimum Gasteiger partial charge on any atom is -0.497 e. The van der Waals surface area contributed by atoms with Crippen LogP contribution >= 0.6 is 0 Å². The minimum absolute atomic E-state index is 0.289. The van der Waals surface area contributed by atoms with E-state index >= 15 is 0 Å². The van der Waals surface area contributed by atoms with Gasteiger partial charge in [-0.1, -0.05) is 66.7 Å². The van der Waals surface area contributed by atoms with Gasteiger partial charge in [0.15, 0.2) is 0 Å². The Morgan fingerprint density at radius 3 is 2.30 bits per heavy atom. The van der Waals surface area contributed by atoms with Gasteiger partial charge in [-0.15, -0.1) is 6.58 Å². The molecule has 0 fully saturated rings. The third-order valence-corrected chi connectivity index (χ3v) is 6.62. The van der Waals surface area contributed by atoms with Crippen LogP contribution < -0.4 is 14.8 Å². The lowest BCUT2D eigenvalue weighted by Gasteiger charge is -2.22. The molecule has 3 aromatic carbocycles. The van der Waals surface area contributed by atoms with Crippen molar-refractivity contribution in [2.45, 2.75) is 25.2 Å². The predicted molar refractivity (Wildman–Crippen MR) is 153 cm³/mol. The van der Waals surface area contributed by atoms with Crippen LogP contribution in [0.2, 0.25) is 0 Å². The summed E-state index contributed by atoms with van der Waals surface area (Å²) in [5, 5.41) is 19.3. The molecule has 0 spiro atoms. The van der Waals surface area contributed by atoms with Crippen LogP contribution in [-0.2, 0) is 22.6 Å². The molecular formula is C32H35N3O5. The zero-order chi connectivity index (χ0) is 28.3. The summed E-state index contributed by atoms with van der Waals surface area (Å²) in [4.78, 5) is 12.5. The number of aliphatic hydroxyl groups is 1. The average molecular weight is 542 g/mol. The predicted octanol–water partition coefficient (Wildman–Crippen LogP) is 4.67. The Hall–Kier alpha value is -4.40. The van der Waals surface area contributed by atoms with Crippen molar-refractivity contribution in [3.8, 4) is 17.3 Å². The van der Waals surface area contributed by atoms with E-state index in [4.69, 9.17) is 14.2 Å². The van der Waals surface area contributed by atoms with Gasteiger partial charge in [-0.05, 0) is 41.8 Å². The highest BCUT2D eigenvalue weighted by molar-refractivity contribution is 5.76. The van der Waals surface area contributed by atoms with Gasteiger partial charge in [0.2, 0.25) is 5.88 Å². The van der Waals surface area contributed by atoms with Gasteiger partial charge in [0.1, 0.15) is 24.5 Å². The number of aromatic nitrogens is 2. The number of para-hydroxylation sites is 1. The van der Waals surface area contributed by atoms with Crippen LogP contribution in [0.1, 0.15) is 22.9 Å². The molecule has 4 aromatic rings. The van der Waals surface area contributed by atoms with Crippen molar-refractivity contribution in [3.63, 3.8) is 0 Å². The number of hydrogen-bond acceptors (Lipinski definition) is 7. The van der Waals surface area contributed by atoms with Gasteiger partial charge in [-0.2, -0.15) is 5.10 Å². The number of esters is 1. The highest BCUT2D eigenvalue weighted by Gasteiger charge is 2.26. The maximum absolute atomic E-state index is 12.5. The lowest BCUT2D eigenvalue weighted by molar-refractivity contribution is -0.143. The number of rotatable bonds is 14. The number of ether oxygens (including phenoxy) is 3. The van der Waals surface area contributed by atoms with Crippen molar-refractivity contribution in [2.75, 3.05) is 20.8 Å². The lowest BCUT2D eigenvalue weighted by atomic mass is 9.98. The average Bonchev–Trinajstić information content (AvgIpc) is 3.44. The molecule has 40 heavy (non-hydrogen) atoms. The number of methoxy groups -OCH3 is 2. The largest absolute Gasteiger partial charge is 0.497 e. The number of carbonyl (C=O) groups is 1. The van der Waals surface area contributed by atoms with E-state index < -0.39 is 18.1 Å². The first kappa shape index (κ1) is 28.6. The molecule has 0 amide bonds. The molecule has 2 N–H and O–H groups in total. The Bertz CT molecular complexity index is 1360. The lowest BCUT2D eigenvalue weighted by Crippen LogP contribution is -2.42. The van der Waals surface area contributed by atoms with E-state index in [1.54, 1.807) is 23.9 Å². The van der Waals surface area contributed by atoms with Crippen LogP contribution in [0.4, 0.5) is 0 Å². The molecule has 8 heteroatoms. The fourth-order valence-electron chi connectivity index (χ4n) is 4.31. The maximum Gasteiger partial charge on any atom is 0.323 e. The first-order valence-corrected chi connectivity index (χ1v) is 13.1. The molecule has 1 aromatic heterocycles. The van der Waals surface area contributed by atoms with Gasteiger partial charge in [-0.25, -0.2) is 4.68 Å². The van der Waals surface area contributed by atoms with Gasteiger partial charge >= 0.3 is 5.97 Å². The fraction of sp³-hybridized carbons (Fsp3) is 0.250. The molecule has 8 nitrogen and oxygen atoms in total. The number of aliphatic hydroxyl groups excluding tert-OH is 1. The summed E-state index contributed by atoms with van der Waals surface area (Å²) in [6.07, 6.45) is 1.13. The van der Waals surface area contributed by atoms with Crippen molar-refractivity contribution in [1.82, 2.24) is 15.1 Å². The van der Waals surface area contributed by atoms with Crippen LogP contribution in [0.3, 0.4) is 0 Å². The van der Waals surface area contributed by atoms with Crippen molar-refractivity contribution < 1.29 is 24.1 Å². The second kappa shape index (κ2) is 14.1. The molecule has 0 unspecified atom stereocenters. The summed E-state index contributed by atoms with van der Waals surface area (Å²) in [7, 11) is 2.99. The van der Waals surface area contributed by atoms with Gasteiger partial charge in [0.25, 0.3) is 0 Å². The Labute approximate surface area is 234 Å². The van der Waals surface area contributed by atoms with Gasteiger partial charge in [0, 0.05) is 18.5 Å². The first-order valence-electron chi connectivity index (χ1n) is 13.1. The highest BCUT2D eigenvalue weighted by Crippen LogP contribution is 2.28. The second-order valence-electron chi connectivity index (χ2n) is 9.31. The molecule has 208 valence electrons. The van der Waals surface area contributed by atoms with Crippen LogP contribution in [-0.4, -0.2) is 47.7 Å². The fourth-order valence-corrected chi connectivity index (χ4v) is 4.31. The van der Waals surface area contributed by atoms with Crippen LogP contribution in [0.15, 0.2) is 104 Å². The number of nitrogens with one attached hydrogen (secondary N) is 1. The quantitative estimate of drug-likeness (QED) is 0.177. The molecule has 0 saturated carbocycles. The van der Waals surface area contributed by atoms with E-state index in [2.05, 4.69) is 17.0 Å². The molecule has 0 aliphatic rings. The number of benzene rings is 3. The Balaban J connectivity index is 1.51. The van der Waals surface area contributed by atoms with E-state index in [0.717, 1.165) is 22.6 Å². The molecule has 0 radical (unpaired) electrons. The monoisotopic (exact) mass is 541 g/mol. The zero-order valence-electron chi connectivity index (χ0n) is 22.8. The van der Waals surface area contributed by atoms with Gasteiger partial charge in [0.05, 0.1) is 25.6 Å². The topological polar surface area (TPSA) is 94.8 Å². The van der Waals surface area contributed by atoms with Gasteiger partial charge in [-0.3, -0.25) is 4.79 Å². The summed E-state index contributed by atoms with van der Waals surface area (Å²) in [5.41, 5.74) is 3.19. The van der Waals surface area contributed by atoms with Gasteiger partial charge < -0.3 is 24.6 Å². The molecule has 0 aliphatic heterocycles. The number of nitrogens with zero attached hydrogens (tertiary/aromatic N) is 2. The highest BCUT2D eigenvalue weighted by atomic mass is 16.5. The van der Waals surface area contributed by atoms with E-state index in [-0.39, 0.29) is 12.5 Å². The Morgan fingerprint density at radius 1 is 1.00 bits per heavy atom. The zero-order valence-corrected chi connectivity index (χ0v) is 22.8. The molecule has 1 heterocycles. The third-order valence-electron chi connectivity index (χ3n) is 6.62. The summed E-state index contributed by atoms with van der Waals surface area (Å²) >= 11 is 0. The van der Waals surface area contributed by atoms with Crippen molar-refractivity contribution >= 4 is 5.97 Å². The summed E-state index contributed by atoms with van der Waals surface area (Å²) < 4.78 is 18.1. The minimum atomic E-state index is -0.992. The van der Waals surface area contributed by atoms with E-state index in [1.807, 2.05) is 84.9 Å². The van der Waals surface area contributed by atoms with Crippen molar-refractivity contribution in [3.05, 3.63) is 120 Å². The third kappa shape index (κ3) is 7.37. The van der Waals surface area contributed by atoms with Crippen molar-refractivity contribution in [2.24, 2.45) is 5.92 Å². The molecule has 0 saturated heterocycles. The molecule has 4 rings (SSSR count). The smallest absolute Gasteiger partial charge is 0.323 e. The number of carbonyl (C=O) groups excluding carboxylic acids is 1. The standard InChI is InChI=1S/C32H35N3O5/c1-4-25(21-33-29(32(37)39-3)19-23-11-7-5-8-12-23)31(36)28-20-30(35(34-28)26-13-9-6-10-14-26)40-22-24-15-17-27(38-2)18-16-24/h4-18,20,25,29,31,33,36H,1,19,21-22H2,2-3H3/t25-,29-,31-/m0/s1. The Morgan fingerprint density at radius 2 is 1.68 bits per heavy atom. The Kier molecular flexibility index (Phi) is 10.1. The second-order valence-corrected chi connectivity index (χ2v) is 9.31. The van der Waals surface area contributed by atoms with E-state index in [1.165, 1.54) is 7.11 Å². The maximum atomic E-state index is 12.5. The SMILES string of the molecule is C=C[C@@H](CN[C@@H](Cc1ccccc1)C(=O)OC)[C@H](O)c1cc(OCc2ccc(OC)cc2)n(-c2ccccc2)n1.